The fraction of sp³-hybridized carbons (Fsp3) is 0.556. The van der Waals surface area contributed by atoms with E-state index >= 15 is 0 Å². The minimum Gasteiger partial charge on any atom is -0.444 e. The lowest BCUT2D eigenvalue weighted by Crippen LogP contribution is -2.38. The summed E-state index contributed by atoms with van der Waals surface area (Å²) in [6.45, 7) is 9.08. The molecule has 2 aliphatic rings. The second-order valence-corrected chi connectivity index (χ2v) is 10.8. The quantitative estimate of drug-likeness (QED) is 0.491. The zero-order valence-electron chi connectivity index (χ0n) is 22.6. The van der Waals surface area contributed by atoms with Gasteiger partial charge in [-0.3, -0.25) is 4.57 Å². The fourth-order valence-electron chi connectivity index (χ4n) is 4.92. The minimum absolute atomic E-state index is 0.000624. The number of morpholine rings is 1. The van der Waals surface area contributed by atoms with Gasteiger partial charge in [-0.05, 0) is 52.2 Å². The van der Waals surface area contributed by atoms with Crippen LogP contribution < -0.4 is 10.2 Å². The smallest absolute Gasteiger partial charge is 0.410 e. The highest BCUT2D eigenvalue weighted by Gasteiger charge is 2.27. The second-order valence-electron chi connectivity index (χ2n) is 10.8. The third-order valence-electron chi connectivity index (χ3n) is 6.76. The Morgan fingerprint density at radius 3 is 2.54 bits per heavy atom. The number of nitrogens with zero attached hydrogens (tertiary/aromatic N) is 6. The third-order valence-corrected chi connectivity index (χ3v) is 6.76. The molecule has 10 nitrogen and oxygen atoms in total. The molecule has 4 heterocycles. The number of imidazole rings is 1. The van der Waals surface area contributed by atoms with E-state index in [9.17, 15) is 13.6 Å². The van der Waals surface area contributed by atoms with Gasteiger partial charge in [-0.25, -0.2) is 18.6 Å². The van der Waals surface area contributed by atoms with E-state index in [1.54, 1.807) is 35.2 Å². The normalized spacial score (nSPS) is 18.9. The summed E-state index contributed by atoms with van der Waals surface area (Å²) in [7, 11) is 0. The number of aromatic nitrogens is 4. The maximum atomic E-state index is 14.1. The van der Waals surface area contributed by atoms with Gasteiger partial charge in [0.2, 0.25) is 5.95 Å². The molecule has 2 aliphatic heterocycles. The van der Waals surface area contributed by atoms with E-state index < -0.39 is 12.0 Å². The number of likely N-dealkylation sites (tertiary alicyclic amines) is 1. The van der Waals surface area contributed by atoms with Gasteiger partial charge in [0.1, 0.15) is 17.2 Å². The van der Waals surface area contributed by atoms with Crippen LogP contribution >= 0.6 is 0 Å². The molecule has 1 amide bonds. The van der Waals surface area contributed by atoms with Gasteiger partial charge >= 0.3 is 6.09 Å². The Bertz CT molecular complexity index is 1300. The van der Waals surface area contributed by atoms with Gasteiger partial charge in [-0.1, -0.05) is 12.1 Å². The van der Waals surface area contributed by atoms with Crippen molar-refractivity contribution in [2.24, 2.45) is 0 Å². The molecule has 1 N–H and O–H groups in total. The van der Waals surface area contributed by atoms with Crippen molar-refractivity contribution in [3.8, 4) is 5.82 Å². The lowest BCUT2D eigenvalue weighted by Gasteiger charge is -2.29. The Balaban J connectivity index is 1.45. The molecule has 3 aromatic rings. The molecule has 0 aliphatic carbocycles. The lowest BCUT2D eigenvalue weighted by atomic mass is 10.1. The predicted octanol–water partition coefficient (Wildman–Crippen LogP) is 4.79. The van der Waals surface area contributed by atoms with Crippen LogP contribution in [0.4, 0.5) is 25.3 Å². The Morgan fingerprint density at radius 1 is 1.05 bits per heavy atom. The van der Waals surface area contributed by atoms with E-state index in [0.717, 1.165) is 12.8 Å². The summed E-state index contributed by atoms with van der Waals surface area (Å²) >= 11 is 0. The summed E-state index contributed by atoms with van der Waals surface area (Å²) in [5.74, 6) is 0.939. The summed E-state index contributed by atoms with van der Waals surface area (Å²) in [6.07, 6.45) is -0.834. The Kier molecular flexibility index (Phi) is 7.83. The number of benzene rings is 1. The molecule has 12 heteroatoms. The maximum absolute atomic E-state index is 14.1. The highest BCUT2D eigenvalue weighted by Crippen LogP contribution is 2.30. The number of amides is 1. The van der Waals surface area contributed by atoms with Crippen molar-refractivity contribution in [2.75, 3.05) is 49.6 Å². The SMILES string of the molecule is CC(C)(C)OC(=O)N1CCCC(Nc2nc(N3CCOCC3)cc(-n3c(C(F)F)nc4ccccc43)n2)CC1. The standard InChI is InChI=1S/C27H35F2N7O3/c1-27(2,3)39-26(37)35-11-6-7-18(10-12-35)30-25-32-21(34-13-15-38-16-14-34)17-22(33-25)36-20-9-5-4-8-19(20)31-24(36)23(28)29/h4-5,8-9,17-18,23H,6-7,10-16H2,1-3H3,(H,30,32,33). The number of carbonyl (C=O) groups excluding carboxylic acids is 1. The third kappa shape index (κ3) is 6.38. The van der Waals surface area contributed by atoms with Crippen LogP contribution in [0.1, 0.15) is 52.3 Å². The van der Waals surface area contributed by atoms with E-state index in [0.29, 0.717) is 74.4 Å². The van der Waals surface area contributed by atoms with Gasteiger partial charge in [0.15, 0.2) is 5.82 Å². The number of halogens is 2. The van der Waals surface area contributed by atoms with Gasteiger partial charge < -0.3 is 24.6 Å². The number of hydrogen-bond acceptors (Lipinski definition) is 8. The molecule has 0 bridgehead atoms. The summed E-state index contributed by atoms with van der Waals surface area (Å²) in [5.41, 5.74) is 0.465. The predicted molar refractivity (Wildman–Crippen MR) is 144 cm³/mol. The first kappa shape index (κ1) is 27.0. The molecule has 0 radical (unpaired) electrons. The molecular formula is C27H35F2N7O3. The summed E-state index contributed by atoms with van der Waals surface area (Å²) in [5, 5.41) is 3.43. The molecule has 2 aromatic heterocycles. The van der Waals surface area contributed by atoms with Crippen molar-refractivity contribution < 1.29 is 23.0 Å². The molecule has 1 atom stereocenters. The van der Waals surface area contributed by atoms with Crippen molar-refractivity contribution >= 4 is 28.9 Å². The first-order chi connectivity index (χ1) is 18.7. The number of ether oxygens (including phenoxy) is 2. The number of carbonyl (C=O) groups is 1. The van der Waals surface area contributed by atoms with E-state index in [2.05, 4.69) is 15.2 Å². The number of rotatable bonds is 5. The Labute approximate surface area is 226 Å². The molecule has 2 fully saturated rings. The molecular weight excluding hydrogens is 508 g/mol. The van der Waals surface area contributed by atoms with Crippen molar-refractivity contribution in [1.29, 1.82) is 0 Å². The van der Waals surface area contributed by atoms with Gasteiger partial charge in [0.25, 0.3) is 6.43 Å². The second kappa shape index (κ2) is 11.3. The van der Waals surface area contributed by atoms with Crippen LogP contribution in [-0.2, 0) is 9.47 Å². The van der Waals surface area contributed by atoms with E-state index in [4.69, 9.17) is 19.4 Å². The van der Waals surface area contributed by atoms with Crippen LogP contribution in [-0.4, -0.2) is 81.5 Å². The van der Waals surface area contributed by atoms with Crippen LogP contribution in [0.15, 0.2) is 30.3 Å². The summed E-state index contributed by atoms with van der Waals surface area (Å²) in [6, 6.07) is 8.76. The van der Waals surface area contributed by atoms with Crippen LogP contribution in [0.3, 0.4) is 0 Å². The van der Waals surface area contributed by atoms with Crippen molar-refractivity contribution in [3.05, 3.63) is 36.2 Å². The number of fused-ring (bicyclic) bond motifs is 1. The molecule has 2 saturated heterocycles. The molecule has 5 rings (SSSR count). The largest absolute Gasteiger partial charge is 0.444 e. The van der Waals surface area contributed by atoms with Crippen LogP contribution in [0, 0.1) is 0 Å². The number of anilines is 2. The molecule has 1 unspecified atom stereocenters. The first-order valence-corrected chi connectivity index (χ1v) is 13.4. The van der Waals surface area contributed by atoms with Crippen molar-refractivity contribution in [3.63, 3.8) is 0 Å². The zero-order valence-corrected chi connectivity index (χ0v) is 22.6. The molecule has 210 valence electrons. The monoisotopic (exact) mass is 543 g/mol. The first-order valence-electron chi connectivity index (χ1n) is 13.4. The number of alkyl halides is 2. The molecule has 0 saturated carbocycles. The number of nitrogens with one attached hydrogen (secondary N) is 1. The van der Waals surface area contributed by atoms with Gasteiger partial charge in [-0.15, -0.1) is 0 Å². The lowest BCUT2D eigenvalue weighted by molar-refractivity contribution is 0.0256. The Hall–Kier alpha value is -3.54. The van der Waals surface area contributed by atoms with Crippen LogP contribution in [0.25, 0.3) is 16.9 Å². The Morgan fingerprint density at radius 2 is 1.79 bits per heavy atom. The number of para-hydroxylation sites is 2. The average molecular weight is 544 g/mol. The highest BCUT2D eigenvalue weighted by molar-refractivity contribution is 5.78. The summed E-state index contributed by atoms with van der Waals surface area (Å²) in [4.78, 5) is 30.0. The highest BCUT2D eigenvalue weighted by atomic mass is 19.3. The zero-order chi connectivity index (χ0) is 27.6. The van der Waals surface area contributed by atoms with Gasteiger partial charge in [-0.2, -0.15) is 9.97 Å². The van der Waals surface area contributed by atoms with Gasteiger partial charge in [0.05, 0.1) is 24.2 Å². The van der Waals surface area contributed by atoms with E-state index in [1.165, 1.54) is 4.57 Å². The average Bonchev–Trinajstić information content (AvgIpc) is 3.14. The maximum Gasteiger partial charge on any atom is 0.410 e. The van der Waals surface area contributed by atoms with Crippen LogP contribution in [0.5, 0.6) is 0 Å². The number of hydrogen-bond donors (Lipinski definition) is 1. The van der Waals surface area contributed by atoms with E-state index in [1.807, 2.05) is 20.8 Å². The van der Waals surface area contributed by atoms with Crippen molar-refractivity contribution in [1.82, 2.24) is 24.4 Å². The summed E-state index contributed by atoms with van der Waals surface area (Å²) < 4.78 is 40.7. The minimum atomic E-state index is -2.78. The molecule has 0 spiro atoms. The van der Waals surface area contributed by atoms with Crippen molar-refractivity contribution in [2.45, 2.75) is 58.1 Å². The topological polar surface area (TPSA) is 97.6 Å². The van der Waals surface area contributed by atoms with Gasteiger partial charge in [0, 0.05) is 38.3 Å². The van der Waals surface area contributed by atoms with E-state index in [-0.39, 0.29) is 18.0 Å². The molecule has 1 aromatic carbocycles. The van der Waals surface area contributed by atoms with Crippen LogP contribution in [0.2, 0.25) is 0 Å². The fourth-order valence-corrected chi connectivity index (χ4v) is 4.92. The molecule has 39 heavy (non-hydrogen) atoms.